The SMILES string of the molecule is Cc1ccc(C(=O)NC(C(=O)NCC(=O)N2CCCC2)C(C)C)cc1. The molecule has 0 saturated carbocycles. The van der Waals surface area contributed by atoms with E-state index in [9.17, 15) is 14.4 Å². The molecule has 1 saturated heterocycles. The Balaban J connectivity index is 1.92. The summed E-state index contributed by atoms with van der Waals surface area (Å²) < 4.78 is 0. The number of benzene rings is 1. The number of carbonyl (C=O) groups is 3. The molecule has 0 spiro atoms. The minimum Gasteiger partial charge on any atom is -0.345 e. The fourth-order valence-electron chi connectivity index (χ4n) is 2.82. The molecule has 3 amide bonds. The van der Waals surface area contributed by atoms with E-state index >= 15 is 0 Å². The Labute approximate surface area is 149 Å². The van der Waals surface area contributed by atoms with Gasteiger partial charge < -0.3 is 15.5 Å². The second kappa shape index (κ2) is 8.65. The topological polar surface area (TPSA) is 78.5 Å². The smallest absolute Gasteiger partial charge is 0.251 e. The number of nitrogens with one attached hydrogen (secondary N) is 2. The van der Waals surface area contributed by atoms with E-state index in [1.807, 2.05) is 32.9 Å². The lowest BCUT2D eigenvalue weighted by atomic mass is 10.0. The molecule has 1 heterocycles. The van der Waals surface area contributed by atoms with Crippen molar-refractivity contribution in [1.29, 1.82) is 0 Å². The van der Waals surface area contributed by atoms with Gasteiger partial charge in [-0.2, -0.15) is 0 Å². The van der Waals surface area contributed by atoms with Crippen LogP contribution in [0.4, 0.5) is 0 Å². The molecule has 136 valence electrons. The fourth-order valence-corrected chi connectivity index (χ4v) is 2.82. The monoisotopic (exact) mass is 345 g/mol. The molecule has 1 unspecified atom stereocenters. The Morgan fingerprint density at radius 1 is 1.08 bits per heavy atom. The second-order valence-electron chi connectivity index (χ2n) is 6.87. The molecule has 0 aromatic heterocycles. The third-order valence-electron chi connectivity index (χ3n) is 4.42. The minimum atomic E-state index is -0.680. The first-order chi connectivity index (χ1) is 11.9. The summed E-state index contributed by atoms with van der Waals surface area (Å²) in [6.45, 7) is 7.16. The Kier molecular flexibility index (Phi) is 6.56. The fraction of sp³-hybridized carbons (Fsp3) is 0.526. The van der Waals surface area contributed by atoms with Crippen LogP contribution in [0.3, 0.4) is 0 Å². The highest BCUT2D eigenvalue weighted by atomic mass is 16.2. The number of aryl methyl sites for hydroxylation is 1. The van der Waals surface area contributed by atoms with Gasteiger partial charge in [-0.25, -0.2) is 0 Å². The third kappa shape index (κ3) is 5.31. The standard InChI is InChI=1S/C19H27N3O3/c1-13(2)17(21-18(24)15-8-6-14(3)7-9-15)19(25)20-12-16(23)22-10-4-5-11-22/h6-9,13,17H,4-5,10-12H2,1-3H3,(H,20,25)(H,21,24). The number of carbonyl (C=O) groups excluding carboxylic acids is 3. The lowest BCUT2D eigenvalue weighted by Crippen LogP contribution is -2.51. The van der Waals surface area contributed by atoms with Crippen molar-refractivity contribution in [3.8, 4) is 0 Å². The highest BCUT2D eigenvalue weighted by Crippen LogP contribution is 2.08. The van der Waals surface area contributed by atoms with Gasteiger partial charge in [0.15, 0.2) is 0 Å². The zero-order valence-electron chi connectivity index (χ0n) is 15.2. The summed E-state index contributed by atoms with van der Waals surface area (Å²) in [5.41, 5.74) is 1.58. The highest BCUT2D eigenvalue weighted by molar-refractivity contribution is 5.98. The predicted octanol–water partition coefficient (Wildman–Crippen LogP) is 1.49. The lowest BCUT2D eigenvalue weighted by Gasteiger charge is -2.22. The number of amides is 3. The second-order valence-corrected chi connectivity index (χ2v) is 6.87. The molecule has 1 fully saturated rings. The Morgan fingerprint density at radius 2 is 1.68 bits per heavy atom. The van der Waals surface area contributed by atoms with Crippen LogP contribution in [0.25, 0.3) is 0 Å². The van der Waals surface area contributed by atoms with Crippen LogP contribution in [0.2, 0.25) is 0 Å². The van der Waals surface area contributed by atoms with Crippen LogP contribution in [0.1, 0.15) is 42.6 Å². The van der Waals surface area contributed by atoms with Crippen molar-refractivity contribution in [2.24, 2.45) is 5.92 Å². The highest BCUT2D eigenvalue weighted by Gasteiger charge is 2.26. The maximum atomic E-state index is 12.4. The van der Waals surface area contributed by atoms with Gasteiger partial charge >= 0.3 is 0 Å². The molecule has 6 nitrogen and oxygen atoms in total. The van der Waals surface area contributed by atoms with Gasteiger partial charge in [0.1, 0.15) is 6.04 Å². The molecular weight excluding hydrogens is 318 g/mol. The first kappa shape index (κ1) is 19.0. The van der Waals surface area contributed by atoms with Crippen molar-refractivity contribution in [3.63, 3.8) is 0 Å². The van der Waals surface area contributed by atoms with E-state index in [0.29, 0.717) is 5.56 Å². The van der Waals surface area contributed by atoms with E-state index in [1.54, 1.807) is 17.0 Å². The molecule has 2 N–H and O–H groups in total. The van der Waals surface area contributed by atoms with E-state index in [1.165, 1.54) is 0 Å². The maximum Gasteiger partial charge on any atom is 0.251 e. The van der Waals surface area contributed by atoms with Crippen molar-refractivity contribution in [1.82, 2.24) is 15.5 Å². The Bertz CT molecular complexity index is 619. The molecule has 1 aliphatic heterocycles. The molecule has 0 bridgehead atoms. The van der Waals surface area contributed by atoms with E-state index < -0.39 is 6.04 Å². The quantitative estimate of drug-likeness (QED) is 0.820. The van der Waals surface area contributed by atoms with Gasteiger partial charge in [0.2, 0.25) is 11.8 Å². The number of likely N-dealkylation sites (tertiary alicyclic amines) is 1. The van der Waals surface area contributed by atoms with Gasteiger partial charge in [-0.3, -0.25) is 14.4 Å². The molecule has 6 heteroatoms. The summed E-state index contributed by atoms with van der Waals surface area (Å²) in [7, 11) is 0. The van der Waals surface area contributed by atoms with Crippen LogP contribution >= 0.6 is 0 Å². The van der Waals surface area contributed by atoms with E-state index in [-0.39, 0.29) is 30.2 Å². The first-order valence-corrected chi connectivity index (χ1v) is 8.81. The van der Waals surface area contributed by atoms with Gasteiger partial charge in [-0.1, -0.05) is 31.5 Å². The summed E-state index contributed by atoms with van der Waals surface area (Å²) in [4.78, 5) is 38.6. The van der Waals surface area contributed by atoms with Crippen LogP contribution < -0.4 is 10.6 Å². The lowest BCUT2D eigenvalue weighted by molar-refractivity contribution is -0.132. The van der Waals surface area contributed by atoms with Gasteiger partial charge in [0.25, 0.3) is 5.91 Å². The van der Waals surface area contributed by atoms with Crippen LogP contribution in [0.15, 0.2) is 24.3 Å². The summed E-state index contributed by atoms with van der Waals surface area (Å²) >= 11 is 0. The molecule has 0 aliphatic carbocycles. The van der Waals surface area contributed by atoms with Crippen LogP contribution in [0, 0.1) is 12.8 Å². The normalized spacial score (nSPS) is 15.1. The van der Waals surface area contributed by atoms with Gasteiger partial charge in [0, 0.05) is 18.7 Å². The van der Waals surface area contributed by atoms with Crippen LogP contribution in [-0.4, -0.2) is 48.3 Å². The molecule has 0 radical (unpaired) electrons. The largest absolute Gasteiger partial charge is 0.345 e. The molecule has 1 aromatic rings. The average Bonchev–Trinajstić information content (AvgIpc) is 3.12. The Hall–Kier alpha value is -2.37. The molecule has 1 atom stereocenters. The average molecular weight is 345 g/mol. The number of hydrogen-bond acceptors (Lipinski definition) is 3. The zero-order chi connectivity index (χ0) is 18.4. The van der Waals surface area contributed by atoms with Gasteiger partial charge in [0.05, 0.1) is 6.54 Å². The van der Waals surface area contributed by atoms with Crippen molar-refractivity contribution in [2.75, 3.05) is 19.6 Å². The van der Waals surface area contributed by atoms with Gasteiger partial charge in [-0.05, 0) is 37.8 Å². The van der Waals surface area contributed by atoms with E-state index in [2.05, 4.69) is 10.6 Å². The van der Waals surface area contributed by atoms with Crippen molar-refractivity contribution < 1.29 is 14.4 Å². The van der Waals surface area contributed by atoms with Crippen LogP contribution in [-0.2, 0) is 9.59 Å². The van der Waals surface area contributed by atoms with E-state index in [0.717, 1.165) is 31.5 Å². The van der Waals surface area contributed by atoms with Gasteiger partial charge in [-0.15, -0.1) is 0 Å². The zero-order valence-corrected chi connectivity index (χ0v) is 15.2. The van der Waals surface area contributed by atoms with Crippen molar-refractivity contribution in [2.45, 2.75) is 39.7 Å². The summed E-state index contributed by atoms with van der Waals surface area (Å²) in [6, 6.07) is 6.50. The molecule has 1 aliphatic rings. The van der Waals surface area contributed by atoms with E-state index in [4.69, 9.17) is 0 Å². The molecule has 1 aromatic carbocycles. The number of nitrogens with zero attached hydrogens (tertiary/aromatic N) is 1. The first-order valence-electron chi connectivity index (χ1n) is 8.81. The summed E-state index contributed by atoms with van der Waals surface area (Å²) in [5.74, 6) is -0.780. The summed E-state index contributed by atoms with van der Waals surface area (Å²) in [5, 5.41) is 5.43. The number of rotatable bonds is 6. The number of hydrogen-bond donors (Lipinski definition) is 2. The molecular formula is C19H27N3O3. The molecule has 2 rings (SSSR count). The molecule has 25 heavy (non-hydrogen) atoms. The van der Waals surface area contributed by atoms with Crippen molar-refractivity contribution >= 4 is 17.7 Å². The third-order valence-corrected chi connectivity index (χ3v) is 4.42. The predicted molar refractivity (Wildman–Crippen MR) is 96.1 cm³/mol. The maximum absolute atomic E-state index is 12.4. The van der Waals surface area contributed by atoms with Crippen molar-refractivity contribution in [3.05, 3.63) is 35.4 Å². The van der Waals surface area contributed by atoms with Crippen LogP contribution in [0.5, 0.6) is 0 Å². The summed E-state index contributed by atoms with van der Waals surface area (Å²) in [6.07, 6.45) is 2.03. The Morgan fingerprint density at radius 3 is 2.24 bits per heavy atom. The minimum absolute atomic E-state index is 0.0253.